The zero-order valence-electron chi connectivity index (χ0n) is 19.7. The molecule has 2 heteroatoms. The summed E-state index contributed by atoms with van der Waals surface area (Å²) in [6.07, 6.45) is 6.17. The van der Waals surface area contributed by atoms with Gasteiger partial charge in [0.25, 0.3) is 0 Å². The molecule has 1 aliphatic carbocycles. The predicted molar refractivity (Wildman–Crippen MR) is 138 cm³/mol. The van der Waals surface area contributed by atoms with Gasteiger partial charge in [-0.1, -0.05) is 66.7 Å². The summed E-state index contributed by atoms with van der Waals surface area (Å²) in [4.78, 5) is 2.25. The molecule has 0 spiro atoms. The third kappa shape index (κ3) is 5.20. The highest BCUT2D eigenvalue weighted by atomic mass is 16.5. The summed E-state index contributed by atoms with van der Waals surface area (Å²) in [5, 5.41) is 5.58. The molecule has 0 saturated heterocycles. The van der Waals surface area contributed by atoms with E-state index in [2.05, 4.69) is 55.4 Å². The second-order valence-corrected chi connectivity index (χ2v) is 9.06. The lowest BCUT2D eigenvalue weighted by Gasteiger charge is -2.20. The van der Waals surface area contributed by atoms with Gasteiger partial charge in [0.1, 0.15) is 0 Å². The lowest BCUT2D eigenvalue weighted by molar-refractivity contribution is 0.186. The third-order valence-electron chi connectivity index (χ3n) is 6.43. The molecule has 166 valence electrons. The van der Waals surface area contributed by atoms with Crippen molar-refractivity contribution in [1.29, 1.82) is 0 Å². The van der Waals surface area contributed by atoms with Crippen LogP contribution in [-0.2, 0) is 30.6 Å². The Morgan fingerprint density at radius 1 is 0.750 bits per heavy atom. The fourth-order valence-corrected chi connectivity index (χ4v) is 4.77. The van der Waals surface area contributed by atoms with Crippen LogP contribution in [0.1, 0.15) is 35.1 Å². The van der Waals surface area contributed by atoms with Crippen LogP contribution in [0.4, 0.5) is 0 Å². The van der Waals surface area contributed by atoms with Gasteiger partial charge in [0.05, 0.1) is 6.61 Å². The maximum Gasteiger partial charge on any atom is 0.0719 e. The van der Waals surface area contributed by atoms with Gasteiger partial charge in [-0.3, -0.25) is 0 Å². The Hall–Kier alpha value is -2.68. The molecule has 1 aliphatic rings. The number of hydrogen-bond acceptors (Lipinski definition) is 2. The van der Waals surface area contributed by atoms with Crippen molar-refractivity contribution in [3.05, 3.63) is 95.1 Å². The smallest absolute Gasteiger partial charge is 0.0719 e. The Bertz CT molecular complexity index is 1140. The Morgan fingerprint density at radius 2 is 1.44 bits per heavy atom. The molecule has 32 heavy (non-hydrogen) atoms. The summed E-state index contributed by atoms with van der Waals surface area (Å²) in [5.41, 5.74) is 5.86. The van der Waals surface area contributed by atoms with Crippen LogP contribution in [0.15, 0.2) is 72.8 Å². The van der Waals surface area contributed by atoms with E-state index in [0.29, 0.717) is 6.61 Å². The normalized spacial score (nSPS) is 13.1. The van der Waals surface area contributed by atoms with Crippen molar-refractivity contribution in [2.45, 2.75) is 38.7 Å². The maximum atomic E-state index is 5.53. The molecule has 0 radical (unpaired) electrons. The first-order chi connectivity index (χ1) is 15.7. The SMILES string of the molecule is COCc1cc2c3c(ccc2c2cc(CCN(C)C)ccc12)CCCC3.c1ccccc1. The van der Waals surface area contributed by atoms with Crippen molar-refractivity contribution in [2.24, 2.45) is 0 Å². The van der Waals surface area contributed by atoms with Crippen LogP contribution in [0, 0.1) is 0 Å². The summed E-state index contributed by atoms with van der Waals surface area (Å²) in [6.45, 7) is 1.75. The third-order valence-corrected chi connectivity index (χ3v) is 6.43. The van der Waals surface area contributed by atoms with Crippen molar-refractivity contribution in [1.82, 2.24) is 4.90 Å². The first kappa shape index (κ1) is 22.5. The van der Waals surface area contributed by atoms with Crippen molar-refractivity contribution in [3.8, 4) is 0 Å². The summed E-state index contributed by atoms with van der Waals surface area (Å²) in [6, 6.07) is 26.1. The topological polar surface area (TPSA) is 12.5 Å². The van der Waals surface area contributed by atoms with Gasteiger partial charge in [-0.2, -0.15) is 0 Å². The Labute approximate surface area is 192 Å². The molecule has 0 unspecified atom stereocenters. The van der Waals surface area contributed by atoms with E-state index >= 15 is 0 Å². The number of fused-ring (bicyclic) bond motifs is 5. The number of likely N-dealkylation sites (N-methyl/N-ethyl adjacent to an activating group) is 1. The monoisotopic (exact) mass is 425 g/mol. The van der Waals surface area contributed by atoms with Crippen LogP contribution >= 0.6 is 0 Å². The quantitative estimate of drug-likeness (QED) is 0.326. The summed E-state index contributed by atoms with van der Waals surface area (Å²) in [7, 11) is 6.07. The molecule has 2 nitrogen and oxygen atoms in total. The van der Waals surface area contributed by atoms with Gasteiger partial charge < -0.3 is 9.64 Å². The van der Waals surface area contributed by atoms with E-state index in [1.807, 2.05) is 36.4 Å². The summed E-state index contributed by atoms with van der Waals surface area (Å²) >= 11 is 0. The van der Waals surface area contributed by atoms with Gasteiger partial charge in [-0.25, -0.2) is 0 Å². The molecular weight excluding hydrogens is 390 g/mol. The van der Waals surface area contributed by atoms with Crippen LogP contribution in [0.25, 0.3) is 21.5 Å². The maximum absolute atomic E-state index is 5.53. The molecule has 0 atom stereocenters. The number of ether oxygens (including phenoxy) is 1. The molecule has 0 aromatic heterocycles. The highest BCUT2D eigenvalue weighted by Gasteiger charge is 2.16. The lowest BCUT2D eigenvalue weighted by Crippen LogP contribution is -2.15. The summed E-state index contributed by atoms with van der Waals surface area (Å²) < 4.78 is 5.53. The van der Waals surface area contributed by atoms with Gasteiger partial charge in [0, 0.05) is 13.7 Å². The molecule has 0 amide bonds. The molecule has 4 aromatic carbocycles. The molecule has 0 bridgehead atoms. The minimum absolute atomic E-state index is 0.674. The van der Waals surface area contributed by atoms with Crippen molar-refractivity contribution < 1.29 is 4.74 Å². The first-order valence-corrected chi connectivity index (χ1v) is 11.8. The zero-order chi connectivity index (χ0) is 22.3. The van der Waals surface area contributed by atoms with Crippen LogP contribution < -0.4 is 0 Å². The van der Waals surface area contributed by atoms with E-state index in [0.717, 1.165) is 13.0 Å². The van der Waals surface area contributed by atoms with E-state index in [1.165, 1.54) is 58.4 Å². The predicted octanol–water partition coefficient (Wildman–Crippen LogP) is 6.81. The van der Waals surface area contributed by atoms with Crippen LogP contribution in [0.3, 0.4) is 0 Å². The van der Waals surface area contributed by atoms with Crippen molar-refractivity contribution in [3.63, 3.8) is 0 Å². The molecule has 0 aliphatic heterocycles. The number of nitrogens with zero attached hydrogens (tertiary/aromatic N) is 1. The number of hydrogen-bond donors (Lipinski definition) is 0. The summed E-state index contributed by atoms with van der Waals surface area (Å²) in [5.74, 6) is 0. The molecular formula is C30H35NO. The van der Waals surface area contributed by atoms with E-state index in [-0.39, 0.29) is 0 Å². The van der Waals surface area contributed by atoms with E-state index in [1.54, 1.807) is 18.2 Å². The first-order valence-electron chi connectivity index (χ1n) is 11.8. The number of methoxy groups -OCH3 is 1. The van der Waals surface area contributed by atoms with E-state index in [9.17, 15) is 0 Å². The Kier molecular flexibility index (Phi) is 7.57. The highest BCUT2D eigenvalue weighted by molar-refractivity contribution is 6.10. The Balaban J connectivity index is 0.000000354. The van der Waals surface area contributed by atoms with Gasteiger partial charge in [0.2, 0.25) is 0 Å². The number of benzene rings is 4. The van der Waals surface area contributed by atoms with Gasteiger partial charge in [-0.05, 0) is 96.1 Å². The van der Waals surface area contributed by atoms with Crippen LogP contribution in [0.2, 0.25) is 0 Å². The largest absolute Gasteiger partial charge is 0.380 e. The van der Waals surface area contributed by atoms with E-state index in [4.69, 9.17) is 4.74 Å². The average Bonchev–Trinajstić information content (AvgIpc) is 2.84. The zero-order valence-corrected chi connectivity index (χ0v) is 19.7. The molecule has 5 rings (SSSR count). The van der Waals surface area contributed by atoms with Crippen molar-refractivity contribution in [2.75, 3.05) is 27.7 Å². The van der Waals surface area contributed by atoms with Gasteiger partial charge in [0.15, 0.2) is 0 Å². The van der Waals surface area contributed by atoms with Crippen LogP contribution in [-0.4, -0.2) is 32.6 Å². The second-order valence-electron chi connectivity index (χ2n) is 9.06. The fraction of sp³-hybridized carbons (Fsp3) is 0.333. The van der Waals surface area contributed by atoms with Gasteiger partial charge >= 0.3 is 0 Å². The highest BCUT2D eigenvalue weighted by Crippen LogP contribution is 2.36. The molecule has 0 N–H and O–H groups in total. The molecule has 0 saturated carbocycles. The van der Waals surface area contributed by atoms with Crippen molar-refractivity contribution >= 4 is 21.5 Å². The van der Waals surface area contributed by atoms with E-state index < -0.39 is 0 Å². The molecule has 0 fully saturated rings. The van der Waals surface area contributed by atoms with Crippen LogP contribution in [0.5, 0.6) is 0 Å². The second kappa shape index (κ2) is 10.8. The van der Waals surface area contributed by atoms with Gasteiger partial charge in [-0.15, -0.1) is 0 Å². The number of rotatable bonds is 5. The Morgan fingerprint density at radius 3 is 2.12 bits per heavy atom. The molecule has 0 heterocycles. The average molecular weight is 426 g/mol. The lowest BCUT2D eigenvalue weighted by atomic mass is 9.85. The fourth-order valence-electron chi connectivity index (χ4n) is 4.77. The minimum Gasteiger partial charge on any atom is -0.380 e. The standard InChI is InChI=1S/C24H29NO.C6H6/c1-25(2)13-12-17-8-10-21-19(16-26-3)15-24-20-7-5-4-6-18(20)9-11-22(24)23(21)14-17;1-2-4-6-5-3-1/h8-11,14-15H,4-7,12-13,16H2,1-3H3;1-6H. The minimum atomic E-state index is 0.674. The molecule has 4 aromatic rings. The number of aryl methyl sites for hydroxylation is 2.